The molecule has 2 aromatic carbocycles. The van der Waals surface area contributed by atoms with Gasteiger partial charge in [-0.2, -0.15) is 0 Å². The zero-order valence-electron chi connectivity index (χ0n) is 14.8. The predicted octanol–water partition coefficient (Wildman–Crippen LogP) is 2.74. The molecule has 1 N–H and O–H groups in total. The number of para-hydroxylation sites is 1. The fourth-order valence-corrected chi connectivity index (χ4v) is 4.08. The average molecular weight is 374 g/mol. The van der Waals surface area contributed by atoms with Crippen molar-refractivity contribution < 1.29 is 17.9 Å². The molecule has 138 valence electrons. The molecule has 1 aliphatic rings. The number of nitrogens with zero attached hydrogens (tertiary/aromatic N) is 1. The topological polar surface area (TPSA) is 75.7 Å². The second-order valence-corrected chi connectivity index (χ2v) is 8.15. The number of nitrogens with one attached hydrogen (secondary N) is 1. The van der Waals surface area contributed by atoms with Crippen LogP contribution in [-0.2, 0) is 14.8 Å². The fourth-order valence-electron chi connectivity index (χ4n) is 3.02. The zero-order valence-corrected chi connectivity index (χ0v) is 15.6. The van der Waals surface area contributed by atoms with Gasteiger partial charge in [0.2, 0.25) is 0 Å². The van der Waals surface area contributed by atoms with Gasteiger partial charge in [0.15, 0.2) is 0 Å². The molecule has 1 saturated heterocycles. The van der Waals surface area contributed by atoms with E-state index in [9.17, 15) is 13.2 Å². The molecule has 2 aromatic rings. The molecule has 1 amide bonds. The van der Waals surface area contributed by atoms with E-state index in [1.165, 1.54) is 12.1 Å². The number of benzene rings is 2. The van der Waals surface area contributed by atoms with Gasteiger partial charge in [0.25, 0.3) is 15.9 Å². The molecule has 1 fully saturated rings. The van der Waals surface area contributed by atoms with Crippen LogP contribution in [0.4, 0.5) is 5.69 Å². The molecular weight excluding hydrogens is 352 g/mol. The summed E-state index contributed by atoms with van der Waals surface area (Å²) in [5.41, 5.74) is 0.953. The highest BCUT2D eigenvalue weighted by atomic mass is 32.2. The highest BCUT2D eigenvalue weighted by Crippen LogP contribution is 2.18. The van der Waals surface area contributed by atoms with Crippen molar-refractivity contribution in [3.8, 4) is 0 Å². The molecule has 0 bridgehead atoms. The van der Waals surface area contributed by atoms with Gasteiger partial charge in [-0.1, -0.05) is 18.2 Å². The molecule has 6 nitrogen and oxygen atoms in total. The number of morpholine rings is 1. The van der Waals surface area contributed by atoms with E-state index in [0.717, 1.165) is 0 Å². The summed E-state index contributed by atoms with van der Waals surface area (Å²) < 4.78 is 33.1. The van der Waals surface area contributed by atoms with Crippen molar-refractivity contribution in [2.75, 3.05) is 17.8 Å². The molecular formula is C19H22N2O4S. The van der Waals surface area contributed by atoms with E-state index in [-0.39, 0.29) is 23.0 Å². The summed E-state index contributed by atoms with van der Waals surface area (Å²) in [7, 11) is -3.69. The van der Waals surface area contributed by atoms with Crippen LogP contribution in [0.5, 0.6) is 0 Å². The lowest BCUT2D eigenvalue weighted by molar-refractivity contribution is -0.0586. The smallest absolute Gasteiger partial charge is 0.261 e. The van der Waals surface area contributed by atoms with Crippen LogP contribution in [0, 0.1) is 0 Å². The van der Waals surface area contributed by atoms with E-state index in [2.05, 4.69) is 4.72 Å². The number of rotatable bonds is 4. The number of sulfonamides is 1. The number of carbonyl (C=O) groups is 1. The van der Waals surface area contributed by atoms with Gasteiger partial charge in [-0.15, -0.1) is 0 Å². The quantitative estimate of drug-likeness (QED) is 0.893. The van der Waals surface area contributed by atoms with Gasteiger partial charge < -0.3 is 9.64 Å². The molecule has 0 unspecified atom stereocenters. The van der Waals surface area contributed by atoms with Gasteiger partial charge in [-0.3, -0.25) is 9.52 Å². The van der Waals surface area contributed by atoms with Crippen LogP contribution in [0.15, 0.2) is 59.5 Å². The van der Waals surface area contributed by atoms with E-state index in [1.807, 2.05) is 19.9 Å². The van der Waals surface area contributed by atoms with Gasteiger partial charge in [-0.25, -0.2) is 8.42 Å². The van der Waals surface area contributed by atoms with Crippen molar-refractivity contribution >= 4 is 21.6 Å². The Morgan fingerprint density at radius 2 is 1.58 bits per heavy atom. The van der Waals surface area contributed by atoms with Crippen LogP contribution >= 0.6 is 0 Å². The van der Waals surface area contributed by atoms with Crippen molar-refractivity contribution in [2.24, 2.45) is 0 Å². The molecule has 0 aliphatic carbocycles. The summed E-state index contributed by atoms with van der Waals surface area (Å²) in [5.74, 6) is -0.119. The Hall–Kier alpha value is -2.38. The SMILES string of the molecule is C[C@@H]1CN(C(=O)c2ccc(S(=O)(=O)Nc3ccccc3)cc2)C[C@H](C)O1. The predicted molar refractivity (Wildman–Crippen MR) is 99.6 cm³/mol. The number of hydrogen-bond acceptors (Lipinski definition) is 4. The van der Waals surface area contributed by atoms with Crippen LogP contribution in [0.2, 0.25) is 0 Å². The number of ether oxygens (including phenoxy) is 1. The minimum absolute atomic E-state index is 0.0163. The Balaban J connectivity index is 1.74. The summed E-state index contributed by atoms with van der Waals surface area (Å²) in [6.45, 7) is 4.92. The van der Waals surface area contributed by atoms with Crippen molar-refractivity contribution in [3.63, 3.8) is 0 Å². The third kappa shape index (κ3) is 4.23. The molecule has 7 heteroatoms. The van der Waals surface area contributed by atoms with E-state index < -0.39 is 10.0 Å². The average Bonchev–Trinajstić information content (AvgIpc) is 2.61. The Morgan fingerprint density at radius 1 is 1.00 bits per heavy atom. The van der Waals surface area contributed by atoms with E-state index in [1.54, 1.807) is 41.3 Å². The van der Waals surface area contributed by atoms with Crippen LogP contribution in [0.3, 0.4) is 0 Å². The molecule has 1 aliphatic heterocycles. The van der Waals surface area contributed by atoms with Crippen molar-refractivity contribution in [3.05, 3.63) is 60.2 Å². The van der Waals surface area contributed by atoms with Crippen LogP contribution in [-0.4, -0.2) is 44.5 Å². The highest BCUT2D eigenvalue weighted by molar-refractivity contribution is 7.92. The van der Waals surface area contributed by atoms with Crippen molar-refractivity contribution in [1.82, 2.24) is 4.90 Å². The summed E-state index contributed by atoms with van der Waals surface area (Å²) in [4.78, 5) is 14.5. The number of anilines is 1. The number of carbonyl (C=O) groups excluding carboxylic acids is 1. The first-order chi connectivity index (χ1) is 12.3. The van der Waals surface area contributed by atoms with E-state index >= 15 is 0 Å². The fraction of sp³-hybridized carbons (Fsp3) is 0.316. The van der Waals surface area contributed by atoms with Crippen LogP contribution < -0.4 is 4.72 Å². The molecule has 26 heavy (non-hydrogen) atoms. The third-order valence-electron chi connectivity index (χ3n) is 4.14. The summed E-state index contributed by atoms with van der Waals surface area (Å²) in [6, 6.07) is 14.7. The van der Waals surface area contributed by atoms with E-state index in [4.69, 9.17) is 4.74 Å². The Bertz CT molecular complexity index is 856. The number of hydrogen-bond donors (Lipinski definition) is 1. The normalized spacial score (nSPS) is 20.6. The highest BCUT2D eigenvalue weighted by Gasteiger charge is 2.26. The maximum atomic E-state index is 12.6. The van der Waals surface area contributed by atoms with Crippen molar-refractivity contribution in [1.29, 1.82) is 0 Å². The third-order valence-corrected chi connectivity index (χ3v) is 5.54. The second-order valence-electron chi connectivity index (χ2n) is 6.46. The molecule has 0 radical (unpaired) electrons. The maximum absolute atomic E-state index is 12.6. The maximum Gasteiger partial charge on any atom is 0.261 e. The molecule has 0 spiro atoms. The second kappa shape index (κ2) is 7.47. The van der Waals surface area contributed by atoms with Gasteiger partial charge in [0.05, 0.1) is 17.1 Å². The van der Waals surface area contributed by atoms with E-state index in [0.29, 0.717) is 24.3 Å². The van der Waals surface area contributed by atoms with Gasteiger partial charge >= 0.3 is 0 Å². The molecule has 1 heterocycles. The first-order valence-corrected chi connectivity index (χ1v) is 9.96. The lowest BCUT2D eigenvalue weighted by atomic mass is 10.1. The first kappa shape index (κ1) is 18.4. The van der Waals surface area contributed by atoms with Gasteiger partial charge in [0, 0.05) is 24.3 Å². The lowest BCUT2D eigenvalue weighted by Crippen LogP contribution is -2.48. The van der Waals surface area contributed by atoms with Crippen LogP contribution in [0.25, 0.3) is 0 Å². The standard InChI is InChI=1S/C19H22N2O4S/c1-14-12-21(13-15(2)25-14)19(22)16-8-10-18(11-9-16)26(23,24)20-17-6-4-3-5-7-17/h3-11,14-15,20H,12-13H2,1-2H3/t14-,15+. The molecule has 0 aromatic heterocycles. The minimum atomic E-state index is -3.69. The number of amides is 1. The largest absolute Gasteiger partial charge is 0.372 e. The molecule has 0 saturated carbocycles. The summed E-state index contributed by atoms with van der Waals surface area (Å²) in [5, 5.41) is 0. The monoisotopic (exact) mass is 374 g/mol. The Morgan fingerprint density at radius 3 is 2.15 bits per heavy atom. The van der Waals surface area contributed by atoms with Gasteiger partial charge in [0.1, 0.15) is 0 Å². The minimum Gasteiger partial charge on any atom is -0.372 e. The first-order valence-electron chi connectivity index (χ1n) is 8.48. The summed E-state index contributed by atoms with van der Waals surface area (Å²) >= 11 is 0. The molecule has 3 rings (SSSR count). The zero-order chi connectivity index (χ0) is 18.7. The Labute approximate surface area is 153 Å². The van der Waals surface area contributed by atoms with Crippen LogP contribution in [0.1, 0.15) is 24.2 Å². The lowest BCUT2D eigenvalue weighted by Gasteiger charge is -2.35. The van der Waals surface area contributed by atoms with Crippen molar-refractivity contribution in [2.45, 2.75) is 31.0 Å². The Kier molecular flexibility index (Phi) is 5.29. The van der Waals surface area contributed by atoms with Gasteiger partial charge in [-0.05, 0) is 50.2 Å². The summed E-state index contributed by atoms with van der Waals surface area (Å²) in [6.07, 6.45) is -0.0325. The molecule has 2 atom stereocenters.